The van der Waals surface area contributed by atoms with Gasteiger partial charge in [-0.3, -0.25) is 9.59 Å². The highest BCUT2D eigenvalue weighted by molar-refractivity contribution is 6.15. The van der Waals surface area contributed by atoms with E-state index >= 15 is 0 Å². The Labute approximate surface area is 157 Å². The third-order valence-corrected chi connectivity index (χ3v) is 4.11. The van der Waals surface area contributed by atoms with Crippen LogP contribution >= 0.6 is 0 Å². The number of rotatable bonds is 6. The molecule has 0 atom stereocenters. The number of ether oxygens (including phenoxy) is 4. The van der Waals surface area contributed by atoms with Crippen molar-refractivity contribution >= 4 is 17.6 Å². The third kappa shape index (κ3) is 3.79. The normalized spacial score (nSPS) is 13.9. The van der Waals surface area contributed by atoms with Crippen molar-refractivity contribution in [2.24, 2.45) is 0 Å². The Morgan fingerprint density at radius 1 is 1.11 bits per heavy atom. The van der Waals surface area contributed by atoms with Crippen LogP contribution in [-0.2, 0) is 4.79 Å². The van der Waals surface area contributed by atoms with Crippen molar-refractivity contribution in [3.05, 3.63) is 52.8 Å². The summed E-state index contributed by atoms with van der Waals surface area (Å²) < 4.78 is 21.8. The Balaban J connectivity index is 1.96. The number of methoxy groups -OCH3 is 2. The number of carbonyl (C=O) groups is 2. The fourth-order valence-corrected chi connectivity index (χ4v) is 2.84. The highest BCUT2D eigenvalue weighted by Crippen LogP contribution is 2.38. The van der Waals surface area contributed by atoms with Crippen LogP contribution in [0, 0.1) is 6.92 Å². The Kier molecular flexibility index (Phi) is 5.16. The van der Waals surface area contributed by atoms with Crippen LogP contribution in [0.1, 0.15) is 28.4 Å². The van der Waals surface area contributed by atoms with E-state index in [2.05, 4.69) is 0 Å². The summed E-state index contributed by atoms with van der Waals surface area (Å²) in [7, 11) is 3.12. The van der Waals surface area contributed by atoms with Gasteiger partial charge in [-0.25, -0.2) is 0 Å². The molecule has 0 N–H and O–H groups in total. The zero-order valence-corrected chi connectivity index (χ0v) is 15.6. The van der Waals surface area contributed by atoms with Gasteiger partial charge in [0, 0.05) is 11.6 Å². The second-order valence-electron chi connectivity index (χ2n) is 6.15. The maximum absolute atomic E-state index is 12.8. The lowest BCUT2D eigenvalue weighted by Gasteiger charge is -2.08. The molecule has 1 aliphatic heterocycles. The van der Waals surface area contributed by atoms with Crippen LogP contribution in [0.15, 0.2) is 36.1 Å². The predicted molar refractivity (Wildman–Crippen MR) is 99.8 cm³/mol. The maximum Gasteiger partial charge on any atom is 0.232 e. The average Bonchev–Trinajstić information content (AvgIpc) is 2.95. The number of hydrogen-bond donors (Lipinski definition) is 0. The number of hydrogen-bond acceptors (Lipinski definition) is 6. The summed E-state index contributed by atoms with van der Waals surface area (Å²) in [5.74, 6) is 2.01. The van der Waals surface area contributed by atoms with Crippen LogP contribution in [0.4, 0.5) is 0 Å². The first-order valence-electron chi connectivity index (χ1n) is 8.36. The minimum absolute atomic E-state index is 0.0319. The number of fused-ring (bicyclic) bond motifs is 1. The lowest BCUT2D eigenvalue weighted by atomic mass is 10.0. The fraction of sp³-hybridized carbons (Fsp3) is 0.238. The quantitative estimate of drug-likeness (QED) is 0.726. The zero-order chi connectivity index (χ0) is 19.6. The molecule has 27 heavy (non-hydrogen) atoms. The smallest absolute Gasteiger partial charge is 0.232 e. The van der Waals surface area contributed by atoms with Gasteiger partial charge in [-0.15, -0.1) is 0 Å². The molecular weight excluding hydrogens is 348 g/mol. The summed E-state index contributed by atoms with van der Waals surface area (Å²) in [5, 5.41) is 0. The minimum atomic E-state index is -0.217. The van der Waals surface area contributed by atoms with Gasteiger partial charge in [0.1, 0.15) is 29.6 Å². The molecule has 140 valence electrons. The molecule has 0 amide bonds. The van der Waals surface area contributed by atoms with Crippen molar-refractivity contribution in [1.29, 1.82) is 0 Å². The van der Waals surface area contributed by atoms with Crippen molar-refractivity contribution < 1.29 is 28.5 Å². The number of benzene rings is 2. The first-order chi connectivity index (χ1) is 12.9. The first kappa shape index (κ1) is 18.5. The Hall–Kier alpha value is -3.28. The van der Waals surface area contributed by atoms with Gasteiger partial charge < -0.3 is 18.9 Å². The second kappa shape index (κ2) is 7.53. The van der Waals surface area contributed by atoms with Gasteiger partial charge in [0.05, 0.1) is 19.8 Å². The van der Waals surface area contributed by atoms with Gasteiger partial charge in [-0.2, -0.15) is 0 Å². The summed E-state index contributed by atoms with van der Waals surface area (Å²) in [6.45, 7) is 3.22. The molecule has 0 bridgehead atoms. The van der Waals surface area contributed by atoms with E-state index in [0.717, 1.165) is 5.56 Å². The highest BCUT2D eigenvalue weighted by Gasteiger charge is 2.30. The molecule has 0 saturated carbocycles. The van der Waals surface area contributed by atoms with Gasteiger partial charge in [0.25, 0.3) is 0 Å². The minimum Gasteiger partial charge on any atom is -0.497 e. The van der Waals surface area contributed by atoms with Gasteiger partial charge in [-0.1, -0.05) is 0 Å². The third-order valence-electron chi connectivity index (χ3n) is 4.11. The standard InChI is InChI=1S/C21H20O6/c1-12-7-16(26-11-13(2)22)10-18-20(12)21(23)19(27-18)9-14-8-15(24-3)5-6-17(14)25-4/h5-10H,11H2,1-4H3/b19-9-. The molecule has 0 aromatic heterocycles. The number of Topliss-reactive ketones (excluding diaryl/α,β-unsaturated/α-hetero) is 2. The van der Waals surface area contributed by atoms with Gasteiger partial charge >= 0.3 is 0 Å². The van der Waals surface area contributed by atoms with E-state index in [1.165, 1.54) is 6.92 Å². The highest BCUT2D eigenvalue weighted by atomic mass is 16.5. The summed E-state index contributed by atoms with van der Waals surface area (Å²) in [4.78, 5) is 23.9. The number of ketones is 2. The van der Waals surface area contributed by atoms with Crippen LogP contribution in [0.5, 0.6) is 23.0 Å². The number of carbonyl (C=O) groups excluding carboxylic acids is 2. The fourth-order valence-electron chi connectivity index (χ4n) is 2.84. The largest absolute Gasteiger partial charge is 0.497 e. The van der Waals surface area contributed by atoms with Crippen LogP contribution in [0.3, 0.4) is 0 Å². The molecule has 0 fully saturated rings. The van der Waals surface area contributed by atoms with Crippen LogP contribution in [0.2, 0.25) is 0 Å². The maximum atomic E-state index is 12.8. The van der Waals surface area contributed by atoms with E-state index in [1.807, 2.05) is 0 Å². The molecule has 2 aromatic rings. The Morgan fingerprint density at radius 3 is 2.56 bits per heavy atom. The van der Waals surface area contributed by atoms with Crippen LogP contribution in [0.25, 0.3) is 6.08 Å². The number of allylic oxidation sites excluding steroid dienone is 1. The molecule has 0 saturated heterocycles. The molecular formula is C21H20O6. The van der Waals surface area contributed by atoms with E-state index in [-0.39, 0.29) is 23.9 Å². The SMILES string of the molecule is COc1ccc(OC)c(/C=C2\Oc3cc(OCC(C)=O)cc(C)c3C2=O)c1. The molecule has 0 unspecified atom stereocenters. The van der Waals surface area contributed by atoms with Crippen molar-refractivity contribution in [2.75, 3.05) is 20.8 Å². The monoisotopic (exact) mass is 368 g/mol. The molecule has 0 spiro atoms. The average molecular weight is 368 g/mol. The Morgan fingerprint density at radius 2 is 1.89 bits per heavy atom. The molecule has 3 rings (SSSR count). The Bertz CT molecular complexity index is 942. The summed E-state index contributed by atoms with van der Waals surface area (Å²) >= 11 is 0. The summed E-state index contributed by atoms with van der Waals surface area (Å²) in [5.41, 5.74) is 1.87. The molecule has 1 heterocycles. The van der Waals surface area contributed by atoms with E-state index in [0.29, 0.717) is 34.1 Å². The van der Waals surface area contributed by atoms with Crippen molar-refractivity contribution in [2.45, 2.75) is 13.8 Å². The molecule has 1 aliphatic rings. The first-order valence-corrected chi connectivity index (χ1v) is 8.36. The molecule has 2 aromatic carbocycles. The van der Waals surface area contributed by atoms with Crippen LogP contribution in [-0.4, -0.2) is 32.4 Å². The summed E-state index contributed by atoms with van der Waals surface area (Å²) in [6.07, 6.45) is 1.62. The van der Waals surface area contributed by atoms with Gasteiger partial charge in [0.15, 0.2) is 11.5 Å². The van der Waals surface area contributed by atoms with E-state index < -0.39 is 0 Å². The van der Waals surface area contributed by atoms with Gasteiger partial charge in [-0.05, 0) is 49.8 Å². The van der Waals surface area contributed by atoms with Crippen molar-refractivity contribution in [3.63, 3.8) is 0 Å². The predicted octanol–water partition coefficient (Wildman–Crippen LogP) is 3.60. The molecule has 6 heteroatoms. The van der Waals surface area contributed by atoms with Crippen molar-refractivity contribution in [3.8, 4) is 23.0 Å². The zero-order valence-electron chi connectivity index (χ0n) is 15.6. The molecule has 0 radical (unpaired) electrons. The van der Waals surface area contributed by atoms with Crippen molar-refractivity contribution in [1.82, 2.24) is 0 Å². The second-order valence-corrected chi connectivity index (χ2v) is 6.15. The van der Waals surface area contributed by atoms with Gasteiger partial charge in [0.2, 0.25) is 5.78 Å². The van der Waals surface area contributed by atoms with E-state index in [9.17, 15) is 9.59 Å². The van der Waals surface area contributed by atoms with E-state index in [4.69, 9.17) is 18.9 Å². The van der Waals surface area contributed by atoms with E-state index in [1.54, 1.807) is 57.6 Å². The summed E-state index contributed by atoms with van der Waals surface area (Å²) in [6, 6.07) is 8.64. The molecule has 0 aliphatic carbocycles. The van der Waals surface area contributed by atoms with Crippen LogP contribution < -0.4 is 18.9 Å². The topological polar surface area (TPSA) is 71.1 Å². The lowest BCUT2D eigenvalue weighted by molar-refractivity contribution is -0.118. The number of aryl methyl sites for hydroxylation is 1. The lowest BCUT2D eigenvalue weighted by Crippen LogP contribution is -2.07. The molecule has 6 nitrogen and oxygen atoms in total.